The van der Waals surface area contributed by atoms with Crippen molar-refractivity contribution in [3.05, 3.63) is 58.1 Å². The molecule has 0 saturated heterocycles. The second-order valence-electron chi connectivity index (χ2n) is 5.79. The molecule has 3 heteroatoms. The lowest BCUT2D eigenvalue weighted by Crippen LogP contribution is -2.10. The van der Waals surface area contributed by atoms with Crippen LogP contribution in [0.3, 0.4) is 0 Å². The third-order valence-electron chi connectivity index (χ3n) is 3.15. The Bertz CT molecular complexity index is 583. The van der Waals surface area contributed by atoms with Crippen molar-refractivity contribution in [1.82, 2.24) is 0 Å². The van der Waals surface area contributed by atoms with E-state index in [1.807, 2.05) is 30.3 Å². The van der Waals surface area contributed by atoms with Crippen LogP contribution in [0.25, 0.3) is 0 Å². The minimum atomic E-state index is 0.0150. The fourth-order valence-electron chi connectivity index (χ4n) is 1.88. The van der Waals surface area contributed by atoms with E-state index >= 15 is 0 Å². The Morgan fingerprint density at radius 3 is 2.10 bits per heavy atom. The Kier molecular flexibility index (Phi) is 4.51. The lowest BCUT2D eigenvalue weighted by atomic mass is 9.87. The summed E-state index contributed by atoms with van der Waals surface area (Å²) in [5.41, 5.74) is 2.27. The molecule has 106 valence electrons. The number of aliphatic hydroxyl groups is 1. The Morgan fingerprint density at radius 2 is 1.60 bits per heavy atom. The molecule has 0 atom stereocenters. The van der Waals surface area contributed by atoms with Gasteiger partial charge < -0.3 is 9.84 Å². The first-order valence-electron chi connectivity index (χ1n) is 6.58. The van der Waals surface area contributed by atoms with Crippen molar-refractivity contribution >= 4 is 15.9 Å². The van der Waals surface area contributed by atoms with Gasteiger partial charge in [0.05, 0.1) is 6.61 Å². The zero-order chi connectivity index (χ0) is 14.8. The summed E-state index contributed by atoms with van der Waals surface area (Å²) < 4.78 is 6.67. The molecule has 0 fully saturated rings. The average molecular weight is 335 g/mol. The smallest absolute Gasteiger partial charge is 0.128 e. The predicted molar refractivity (Wildman–Crippen MR) is 85.3 cm³/mol. The molecule has 0 aliphatic heterocycles. The number of aliphatic hydroxyl groups excluding tert-OH is 1. The lowest BCUT2D eigenvalue weighted by molar-refractivity contribution is 0.281. The Balaban J connectivity index is 2.16. The maximum atomic E-state index is 9.13. The molecule has 2 rings (SSSR count). The molecule has 1 N–H and O–H groups in total. The standard InChI is InChI=1S/C17H19BrO2/c1-17(2,3)13-5-8-14(9-6-13)20-15-7-4-12(11-19)16(18)10-15/h4-10,19H,11H2,1-3H3. The van der Waals surface area contributed by atoms with Crippen molar-refractivity contribution in [2.75, 3.05) is 0 Å². The van der Waals surface area contributed by atoms with Gasteiger partial charge in [-0.2, -0.15) is 0 Å². The van der Waals surface area contributed by atoms with Crippen LogP contribution in [0, 0.1) is 0 Å². The summed E-state index contributed by atoms with van der Waals surface area (Å²) in [5.74, 6) is 1.55. The largest absolute Gasteiger partial charge is 0.457 e. The number of hydrogen-bond donors (Lipinski definition) is 1. The molecule has 2 aromatic rings. The van der Waals surface area contributed by atoms with Crippen LogP contribution in [0.2, 0.25) is 0 Å². The number of benzene rings is 2. The topological polar surface area (TPSA) is 29.5 Å². The van der Waals surface area contributed by atoms with Gasteiger partial charge in [0.1, 0.15) is 11.5 Å². The summed E-state index contributed by atoms with van der Waals surface area (Å²) in [4.78, 5) is 0. The monoisotopic (exact) mass is 334 g/mol. The second-order valence-corrected chi connectivity index (χ2v) is 6.64. The quantitative estimate of drug-likeness (QED) is 0.852. The van der Waals surface area contributed by atoms with Crippen molar-refractivity contribution in [1.29, 1.82) is 0 Å². The first-order valence-corrected chi connectivity index (χ1v) is 7.37. The zero-order valence-corrected chi connectivity index (χ0v) is 13.6. The SMILES string of the molecule is CC(C)(C)c1ccc(Oc2ccc(CO)c(Br)c2)cc1. The molecule has 0 spiro atoms. The summed E-state index contributed by atoms with van der Waals surface area (Å²) >= 11 is 3.42. The molecule has 0 unspecified atom stereocenters. The van der Waals surface area contributed by atoms with Crippen molar-refractivity contribution in [3.63, 3.8) is 0 Å². The van der Waals surface area contributed by atoms with Crippen LogP contribution in [0.1, 0.15) is 31.9 Å². The molecule has 0 radical (unpaired) electrons. The van der Waals surface area contributed by atoms with Crippen molar-refractivity contribution < 1.29 is 9.84 Å². The second kappa shape index (κ2) is 5.98. The first-order chi connectivity index (χ1) is 9.40. The Labute approximate surface area is 128 Å². The molecule has 0 saturated carbocycles. The van der Waals surface area contributed by atoms with Gasteiger partial charge in [0.2, 0.25) is 0 Å². The minimum absolute atomic E-state index is 0.0150. The number of hydrogen-bond acceptors (Lipinski definition) is 2. The third-order valence-corrected chi connectivity index (χ3v) is 3.89. The molecular formula is C17H19BrO2. The van der Waals surface area contributed by atoms with E-state index in [2.05, 4.69) is 48.8 Å². The molecule has 20 heavy (non-hydrogen) atoms. The highest BCUT2D eigenvalue weighted by atomic mass is 79.9. The van der Waals surface area contributed by atoms with Crippen LogP contribution in [-0.2, 0) is 12.0 Å². The van der Waals surface area contributed by atoms with Gasteiger partial charge in [-0.15, -0.1) is 0 Å². The Morgan fingerprint density at radius 1 is 1.00 bits per heavy atom. The number of ether oxygens (including phenoxy) is 1. The average Bonchev–Trinajstić information content (AvgIpc) is 2.38. The van der Waals surface area contributed by atoms with Crippen LogP contribution < -0.4 is 4.74 Å². The van der Waals surface area contributed by atoms with Crippen LogP contribution >= 0.6 is 15.9 Å². The highest BCUT2D eigenvalue weighted by Crippen LogP contribution is 2.29. The summed E-state index contributed by atoms with van der Waals surface area (Å²) in [6.07, 6.45) is 0. The van der Waals surface area contributed by atoms with Crippen LogP contribution in [0.15, 0.2) is 46.9 Å². The normalized spacial score (nSPS) is 11.4. The van der Waals surface area contributed by atoms with Gasteiger partial charge >= 0.3 is 0 Å². The van der Waals surface area contributed by atoms with E-state index in [0.29, 0.717) is 0 Å². The van der Waals surface area contributed by atoms with E-state index < -0.39 is 0 Å². The van der Waals surface area contributed by atoms with Gasteiger partial charge in [0, 0.05) is 4.47 Å². The molecule has 0 bridgehead atoms. The van der Waals surface area contributed by atoms with Crippen LogP contribution in [-0.4, -0.2) is 5.11 Å². The number of rotatable bonds is 3. The maximum absolute atomic E-state index is 9.13. The van der Waals surface area contributed by atoms with Gasteiger partial charge in [-0.05, 0) is 40.8 Å². The van der Waals surface area contributed by atoms with E-state index in [-0.39, 0.29) is 12.0 Å². The van der Waals surface area contributed by atoms with E-state index in [0.717, 1.165) is 21.5 Å². The van der Waals surface area contributed by atoms with E-state index in [1.54, 1.807) is 0 Å². The molecule has 0 aromatic heterocycles. The molecule has 0 aliphatic carbocycles. The molecule has 0 aliphatic rings. The highest BCUT2D eigenvalue weighted by molar-refractivity contribution is 9.10. The van der Waals surface area contributed by atoms with Gasteiger partial charge in [-0.3, -0.25) is 0 Å². The van der Waals surface area contributed by atoms with Crippen LogP contribution in [0.5, 0.6) is 11.5 Å². The van der Waals surface area contributed by atoms with Gasteiger partial charge in [0.15, 0.2) is 0 Å². The van der Waals surface area contributed by atoms with Gasteiger partial charge in [0.25, 0.3) is 0 Å². The van der Waals surface area contributed by atoms with E-state index in [1.165, 1.54) is 5.56 Å². The van der Waals surface area contributed by atoms with Gasteiger partial charge in [-0.25, -0.2) is 0 Å². The fourth-order valence-corrected chi connectivity index (χ4v) is 2.36. The maximum Gasteiger partial charge on any atom is 0.128 e. The van der Waals surface area contributed by atoms with Crippen molar-refractivity contribution in [2.45, 2.75) is 32.8 Å². The fraction of sp³-hybridized carbons (Fsp3) is 0.294. The summed E-state index contributed by atoms with van der Waals surface area (Å²) in [5, 5.41) is 9.13. The number of halogens is 1. The molecule has 0 heterocycles. The lowest BCUT2D eigenvalue weighted by Gasteiger charge is -2.19. The van der Waals surface area contributed by atoms with Crippen molar-refractivity contribution in [3.8, 4) is 11.5 Å². The van der Waals surface area contributed by atoms with E-state index in [9.17, 15) is 0 Å². The summed E-state index contributed by atoms with van der Waals surface area (Å²) in [6.45, 7) is 6.58. The summed E-state index contributed by atoms with van der Waals surface area (Å²) in [7, 11) is 0. The Hall–Kier alpha value is -1.32. The molecular weight excluding hydrogens is 316 g/mol. The predicted octanol–water partition coefficient (Wildman–Crippen LogP) is 5.03. The van der Waals surface area contributed by atoms with E-state index in [4.69, 9.17) is 9.84 Å². The van der Waals surface area contributed by atoms with Crippen LogP contribution in [0.4, 0.5) is 0 Å². The molecule has 2 aromatic carbocycles. The van der Waals surface area contributed by atoms with Crippen molar-refractivity contribution in [2.24, 2.45) is 0 Å². The minimum Gasteiger partial charge on any atom is -0.457 e. The third kappa shape index (κ3) is 3.62. The first kappa shape index (κ1) is 15.1. The molecule has 0 amide bonds. The molecule has 2 nitrogen and oxygen atoms in total. The summed E-state index contributed by atoms with van der Waals surface area (Å²) in [6, 6.07) is 13.7. The highest BCUT2D eigenvalue weighted by Gasteiger charge is 2.13. The zero-order valence-electron chi connectivity index (χ0n) is 12.0. The van der Waals surface area contributed by atoms with Gasteiger partial charge in [-0.1, -0.05) is 54.9 Å².